The van der Waals surface area contributed by atoms with Crippen molar-refractivity contribution in [3.63, 3.8) is 0 Å². The van der Waals surface area contributed by atoms with Crippen molar-refractivity contribution in [1.29, 1.82) is 0 Å². The molecule has 100 valence electrons. The monoisotopic (exact) mass is 302 g/mol. The van der Waals surface area contributed by atoms with Gasteiger partial charge in [0, 0.05) is 16.7 Å². The van der Waals surface area contributed by atoms with Gasteiger partial charge in [-0.15, -0.1) is 0 Å². The van der Waals surface area contributed by atoms with Crippen LogP contribution in [-0.2, 0) is 9.05 Å². The molecule has 0 aliphatic carbocycles. The maximum atomic E-state index is 13.2. The van der Waals surface area contributed by atoms with Crippen LogP contribution in [0.4, 0.5) is 8.78 Å². The first-order valence-electron chi connectivity index (χ1n) is 5.29. The Balaban J connectivity index is 2.58. The predicted octanol–water partition coefficient (Wildman–Crippen LogP) is 3.87. The molecule has 0 aliphatic heterocycles. The Labute approximate surface area is 114 Å². The van der Waals surface area contributed by atoms with Crippen LogP contribution in [0.2, 0.25) is 0 Å². The molecular formula is C13H9ClF2O2S. The van der Waals surface area contributed by atoms with Crippen molar-refractivity contribution in [2.75, 3.05) is 0 Å². The minimum atomic E-state index is -3.82. The highest BCUT2D eigenvalue weighted by molar-refractivity contribution is 8.13. The first-order valence-corrected chi connectivity index (χ1v) is 7.60. The molecule has 19 heavy (non-hydrogen) atoms. The molecule has 0 saturated carbocycles. The maximum Gasteiger partial charge on any atom is 0.261 e. The zero-order valence-corrected chi connectivity index (χ0v) is 11.4. The van der Waals surface area contributed by atoms with Crippen molar-refractivity contribution < 1.29 is 17.2 Å². The van der Waals surface area contributed by atoms with E-state index in [1.165, 1.54) is 30.3 Å². The number of hydrogen-bond acceptors (Lipinski definition) is 2. The molecule has 0 unspecified atom stereocenters. The van der Waals surface area contributed by atoms with Gasteiger partial charge >= 0.3 is 0 Å². The van der Waals surface area contributed by atoms with E-state index < -0.39 is 20.7 Å². The molecule has 0 amide bonds. The zero-order valence-electron chi connectivity index (χ0n) is 9.82. The van der Waals surface area contributed by atoms with Gasteiger partial charge in [0.25, 0.3) is 9.05 Å². The van der Waals surface area contributed by atoms with Crippen molar-refractivity contribution in [2.24, 2.45) is 0 Å². The van der Waals surface area contributed by atoms with Crippen LogP contribution in [0.3, 0.4) is 0 Å². The number of hydrogen-bond donors (Lipinski definition) is 0. The smallest absolute Gasteiger partial charge is 0.207 e. The standard InChI is InChI=1S/C13H9ClF2O2S/c1-8-4-12(19(14,17)18)2-3-13(8)9-5-10(15)7-11(16)6-9/h2-7H,1H3. The highest BCUT2D eigenvalue weighted by Gasteiger charge is 2.13. The van der Waals surface area contributed by atoms with Crippen LogP contribution in [0.15, 0.2) is 41.3 Å². The zero-order chi connectivity index (χ0) is 14.2. The molecule has 2 aromatic carbocycles. The van der Waals surface area contributed by atoms with Gasteiger partial charge in [0.1, 0.15) is 11.6 Å². The lowest BCUT2D eigenvalue weighted by Crippen LogP contribution is -1.93. The molecule has 0 aromatic heterocycles. The molecule has 0 aliphatic rings. The third-order valence-electron chi connectivity index (χ3n) is 2.65. The Hall–Kier alpha value is -1.46. The average Bonchev–Trinajstić information content (AvgIpc) is 2.26. The second-order valence-corrected chi connectivity index (χ2v) is 6.64. The molecule has 0 fully saturated rings. The summed E-state index contributed by atoms with van der Waals surface area (Å²) in [7, 11) is 1.42. The molecule has 0 spiro atoms. The molecule has 2 nitrogen and oxygen atoms in total. The molecular weight excluding hydrogens is 294 g/mol. The van der Waals surface area contributed by atoms with Crippen molar-refractivity contribution in [1.82, 2.24) is 0 Å². The highest BCUT2D eigenvalue weighted by Crippen LogP contribution is 2.28. The number of halogens is 3. The molecule has 0 heterocycles. The lowest BCUT2D eigenvalue weighted by molar-refractivity contribution is 0.584. The molecule has 0 bridgehead atoms. The molecule has 2 rings (SSSR count). The fourth-order valence-corrected chi connectivity index (χ4v) is 2.66. The second kappa shape index (κ2) is 4.90. The topological polar surface area (TPSA) is 34.1 Å². The van der Waals surface area contributed by atoms with E-state index in [0.29, 0.717) is 16.7 Å². The maximum absolute atomic E-state index is 13.2. The summed E-state index contributed by atoms with van der Waals surface area (Å²) in [6.07, 6.45) is 0. The fraction of sp³-hybridized carbons (Fsp3) is 0.0769. The van der Waals surface area contributed by atoms with E-state index in [9.17, 15) is 17.2 Å². The summed E-state index contributed by atoms with van der Waals surface area (Å²) in [4.78, 5) is -0.0488. The van der Waals surface area contributed by atoms with Crippen molar-refractivity contribution in [2.45, 2.75) is 11.8 Å². The minimum Gasteiger partial charge on any atom is -0.207 e. The first kappa shape index (κ1) is 14.0. The summed E-state index contributed by atoms with van der Waals surface area (Å²) >= 11 is 0. The third kappa shape index (κ3) is 3.11. The Morgan fingerprint density at radius 3 is 2.05 bits per heavy atom. The van der Waals surface area contributed by atoms with Gasteiger partial charge in [0.15, 0.2) is 0 Å². The summed E-state index contributed by atoms with van der Waals surface area (Å²) in [5.74, 6) is -1.38. The Bertz CT molecular complexity index is 722. The molecule has 2 aromatic rings. The first-order chi connectivity index (χ1) is 8.77. The number of benzene rings is 2. The quantitative estimate of drug-likeness (QED) is 0.789. The van der Waals surface area contributed by atoms with Gasteiger partial charge in [-0.05, 0) is 47.9 Å². The summed E-state index contributed by atoms with van der Waals surface area (Å²) in [5.41, 5.74) is 1.45. The van der Waals surface area contributed by atoms with E-state index in [1.54, 1.807) is 6.92 Å². The minimum absolute atomic E-state index is 0.0488. The highest BCUT2D eigenvalue weighted by atomic mass is 35.7. The van der Waals surface area contributed by atoms with E-state index >= 15 is 0 Å². The summed E-state index contributed by atoms with van der Waals surface area (Å²) in [6.45, 7) is 1.64. The molecule has 0 saturated heterocycles. The van der Waals surface area contributed by atoms with Gasteiger partial charge in [0.2, 0.25) is 0 Å². The van der Waals surface area contributed by atoms with E-state index in [0.717, 1.165) is 6.07 Å². The summed E-state index contributed by atoms with van der Waals surface area (Å²) in [5, 5.41) is 0. The van der Waals surface area contributed by atoms with Gasteiger partial charge in [-0.25, -0.2) is 17.2 Å². The Morgan fingerprint density at radius 2 is 1.58 bits per heavy atom. The second-order valence-electron chi connectivity index (χ2n) is 4.07. The molecule has 6 heteroatoms. The van der Waals surface area contributed by atoms with Crippen LogP contribution in [0, 0.1) is 18.6 Å². The van der Waals surface area contributed by atoms with Gasteiger partial charge in [-0.2, -0.15) is 0 Å². The number of rotatable bonds is 2. The summed E-state index contributed by atoms with van der Waals surface area (Å²) in [6, 6.07) is 7.27. The Morgan fingerprint density at radius 1 is 1.00 bits per heavy atom. The van der Waals surface area contributed by atoms with Gasteiger partial charge in [0.05, 0.1) is 4.90 Å². The van der Waals surface area contributed by atoms with Crippen LogP contribution in [-0.4, -0.2) is 8.42 Å². The van der Waals surface area contributed by atoms with Crippen molar-refractivity contribution in [3.8, 4) is 11.1 Å². The van der Waals surface area contributed by atoms with Crippen LogP contribution < -0.4 is 0 Å². The SMILES string of the molecule is Cc1cc(S(=O)(=O)Cl)ccc1-c1cc(F)cc(F)c1. The van der Waals surface area contributed by atoms with Crippen molar-refractivity contribution in [3.05, 3.63) is 53.6 Å². The van der Waals surface area contributed by atoms with Gasteiger partial charge in [-0.3, -0.25) is 0 Å². The average molecular weight is 303 g/mol. The lowest BCUT2D eigenvalue weighted by atomic mass is 10.0. The largest absolute Gasteiger partial charge is 0.261 e. The Kier molecular flexibility index (Phi) is 3.60. The van der Waals surface area contributed by atoms with E-state index in [1.807, 2.05) is 0 Å². The lowest BCUT2D eigenvalue weighted by Gasteiger charge is -2.08. The molecule has 0 radical (unpaired) electrons. The van der Waals surface area contributed by atoms with Crippen LogP contribution in [0.25, 0.3) is 11.1 Å². The van der Waals surface area contributed by atoms with Crippen LogP contribution in [0.5, 0.6) is 0 Å². The van der Waals surface area contributed by atoms with Gasteiger partial charge < -0.3 is 0 Å². The molecule has 0 N–H and O–H groups in total. The van der Waals surface area contributed by atoms with Gasteiger partial charge in [-0.1, -0.05) is 6.07 Å². The third-order valence-corrected chi connectivity index (χ3v) is 4.00. The normalized spacial score (nSPS) is 11.6. The van der Waals surface area contributed by atoms with Crippen molar-refractivity contribution >= 4 is 19.7 Å². The predicted molar refractivity (Wildman–Crippen MR) is 69.6 cm³/mol. The fourth-order valence-electron chi connectivity index (χ4n) is 1.82. The summed E-state index contributed by atoms with van der Waals surface area (Å²) < 4.78 is 48.7. The molecule has 0 atom stereocenters. The number of aryl methyl sites for hydroxylation is 1. The van der Waals surface area contributed by atoms with Crippen LogP contribution in [0.1, 0.15) is 5.56 Å². The van der Waals surface area contributed by atoms with E-state index in [4.69, 9.17) is 10.7 Å². The van der Waals surface area contributed by atoms with Crippen LogP contribution >= 0.6 is 10.7 Å². The van der Waals surface area contributed by atoms with E-state index in [-0.39, 0.29) is 4.90 Å². The van der Waals surface area contributed by atoms with E-state index in [2.05, 4.69) is 0 Å².